The van der Waals surface area contributed by atoms with Crippen LogP contribution in [0.1, 0.15) is 29.3 Å². The minimum Gasteiger partial charge on any atom is -0.346 e. The number of pyridine rings is 1. The Kier molecular flexibility index (Phi) is 3.22. The molecule has 4 nitrogen and oxygen atoms in total. The lowest BCUT2D eigenvalue weighted by molar-refractivity contribution is -0.118. The maximum atomic E-state index is 11.3. The van der Waals surface area contributed by atoms with Crippen LogP contribution in [0.15, 0.2) is 6.20 Å². The summed E-state index contributed by atoms with van der Waals surface area (Å²) in [7, 11) is 0. The van der Waals surface area contributed by atoms with E-state index in [4.69, 9.17) is 5.73 Å². The van der Waals surface area contributed by atoms with Gasteiger partial charge >= 0.3 is 0 Å². The molecule has 18 heavy (non-hydrogen) atoms. The molecule has 0 saturated carbocycles. The van der Waals surface area contributed by atoms with Gasteiger partial charge in [-0.1, -0.05) is 0 Å². The van der Waals surface area contributed by atoms with E-state index in [2.05, 4.69) is 23.8 Å². The normalized spacial score (nSPS) is 12.9. The highest BCUT2D eigenvalue weighted by Gasteiger charge is 2.15. The van der Waals surface area contributed by atoms with Crippen molar-refractivity contribution >= 4 is 16.8 Å². The first kappa shape index (κ1) is 12.8. The van der Waals surface area contributed by atoms with Crippen molar-refractivity contribution in [1.29, 1.82) is 0 Å². The molecule has 0 saturated heterocycles. The number of hydrogen-bond acceptors (Lipinski definition) is 3. The van der Waals surface area contributed by atoms with Crippen LogP contribution in [-0.4, -0.2) is 21.8 Å². The molecule has 2 aromatic heterocycles. The van der Waals surface area contributed by atoms with Gasteiger partial charge in [-0.3, -0.25) is 4.79 Å². The summed E-state index contributed by atoms with van der Waals surface area (Å²) >= 11 is 0. The van der Waals surface area contributed by atoms with Gasteiger partial charge in [0.1, 0.15) is 11.4 Å². The second kappa shape index (κ2) is 4.53. The number of fused-ring (bicyclic) bond motifs is 1. The second-order valence-corrected chi connectivity index (χ2v) is 4.91. The van der Waals surface area contributed by atoms with E-state index in [1.54, 1.807) is 0 Å². The van der Waals surface area contributed by atoms with Crippen molar-refractivity contribution in [2.75, 3.05) is 0 Å². The smallest absolute Gasteiger partial charge is 0.146 e. The SMILES string of the molecule is CC(=O)C(N)Cc1c[nH]c2nc(C)c(C)c(C)c12. The zero-order valence-electron chi connectivity index (χ0n) is 11.3. The van der Waals surface area contributed by atoms with Gasteiger partial charge in [0, 0.05) is 17.3 Å². The van der Waals surface area contributed by atoms with E-state index in [0.29, 0.717) is 6.42 Å². The molecular formula is C14H19N3O. The van der Waals surface area contributed by atoms with Crippen LogP contribution in [0.5, 0.6) is 0 Å². The lowest BCUT2D eigenvalue weighted by Crippen LogP contribution is -2.30. The number of rotatable bonds is 3. The topological polar surface area (TPSA) is 71.8 Å². The molecule has 4 heteroatoms. The molecular weight excluding hydrogens is 226 g/mol. The van der Waals surface area contributed by atoms with E-state index in [1.165, 1.54) is 18.1 Å². The van der Waals surface area contributed by atoms with E-state index >= 15 is 0 Å². The summed E-state index contributed by atoms with van der Waals surface area (Å²) in [6, 6.07) is -0.440. The van der Waals surface area contributed by atoms with E-state index in [1.807, 2.05) is 13.1 Å². The summed E-state index contributed by atoms with van der Waals surface area (Å²) < 4.78 is 0. The van der Waals surface area contributed by atoms with E-state index in [-0.39, 0.29) is 5.78 Å². The lowest BCUT2D eigenvalue weighted by Gasteiger charge is -2.10. The predicted octanol–water partition coefficient (Wildman–Crippen LogP) is 1.95. The van der Waals surface area contributed by atoms with E-state index in [9.17, 15) is 4.79 Å². The average molecular weight is 245 g/mol. The number of hydrogen-bond donors (Lipinski definition) is 2. The Morgan fingerprint density at radius 3 is 2.67 bits per heavy atom. The molecule has 1 unspecified atom stereocenters. The largest absolute Gasteiger partial charge is 0.346 e. The Balaban J connectivity index is 2.54. The Morgan fingerprint density at radius 2 is 2.06 bits per heavy atom. The van der Waals surface area contributed by atoms with Gasteiger partial charge in [0.15, 0.2) is 0 Å². The number of Topliss-reactive ketones (excluding diaryl/α,β-unsaturated/α-hetero) is 1. The molecule has 3 N–H and O–H groups in total. The van der Waals surface area contributed by atoms with Gasteiger partial charge in [0.25, 0.3) is 0 Å². The first-order valence-corrected chi connectivity index (χ1v) is 6.11. The monoisotopic (exact) mass is 245 g/mol. The van der Waals surface area contributed by atoms with Crippen molar-refractivity contribution in [3.8, 4) is 0 Å². The quantitative estimate of drug-likeness (QED) is 0.868. The third kappa shape index (κ3) is 2.04. The number of ketones is 1. The molecule has 0 aliphatic rings. The molecule has 0 amide bonds. The maximum Gasteiger partial charge on any atom is 0.146 e. The lowest BCUT2D eigenvalue weighted by atomic mass is 9.99. The van der Waals surface area contributed by atoms with Crippen LogP contribution in [0, 0.1) is 20.8 Å². The van der Waals surface area contributed by atoms with Gasteiger partial charge in [-0.05, 0) is 50.8 Å². The maximum absolute atomic E-state index is 11.3. The Labute approximate surface area is 107 Å². The third-order valence-corrected chi connectivity index (χ3v) is 3.66. The summed E-state index contributed by atoms with van der Waals surface area (Å²) in [6.45, 7) is 7.69. The number of nitrogens with two attached hydrogens (primary N) is 1. The van der Waals surface area contributed by atoms with Gasteiger partial charge in [0.2, 0.25) is 0 Å². The first-order chi connectivity index (χ1) is 8.41. The van der Waals surface area contributed by atoms with E-state index in [0.717, 1.165) is 22.3 Å². The Bertz CT molecular complexity index is 613. The van der Waals surface area contributed by atoms with Crippen LogP contribution in [0.4, 0.5) is 0 Å². The highest BCUT2D eigenvalue weighted by Crippen LogP contribution is 2.25. The fraction of sp³-hybridized carbons (Fsp3) is 0.429. The first-order valence-electron chi connectivity index (χ1n) is 6.11. The molecule has 0 spiro atoms. The van der Waals surface area contributed by atoms with Crippen molar-refractivity contribution in [1.82, 2.24) is 9.97 Å². The van der Waals surface area contributed by atoms with Gasteiger partial charge in [0.05, 0.1) is 6.04 Å². The average Bonchev–Trinajstić information content (AvgIpc) is 2.69. The summed E-state index contributed by atoms with van der Waals surface area (Å²) in [5, 5.41) is 1.11. The zero-order valence-corrected chi connectivity index (χ0v) is 11.3. The molecule has 2 rings (SSSR count). The molecule has 2 aromatic rings. The van der Waals surface area contributed by atoms with Crippen molar-refractivity contribution in [3.63, 3.8) is 0 Å². The highest BCUT2D eigenvalue weighted by atomic mass is 16.1. The minimum atomic E-state index is -0.440. The van der Waals surface area contributed by atoms with Crippen LogP contribution < -0.4 is 5.73 Å². The Morgan fingerprint density at radius 1 is 1.39 bits per heavy atom. The molecule has 0 radical (unpaired) electrons. The molecule has 2 heterocycles. The number of aryl methyl sites for hydroxylation is 2. The van der Waals surface area contributed by atoms with Crippen molar-refractivity contribution in [2.45, 2.75) is 40.2 Å². The van der Waals surface area contributed by atoms with E-state index < -0.39 is 6.04 Å². The van der Waals surface area contributed by atoms with Crippen molar-refractivity contribution in [3.05, 3.63) is 28.6 Å². The second-order valence-electron chi connectivity index (χ2n) is 4.91. The standard InChI is InChI=1S/C14H19N3O/c1-7-8(2)13-11(5-12(15)10(4)18)6-16-14(13)17-9(7)3/h6,12H,5,15H2,1-4H3,(H,16,17). The summed E-state index contributed by atoms with van der Waals surface area (Å²) in [5.41, 5.74) is 11.2. The fourth-order valence-corrected chi connectivity index (χ4v) is 2.21. The zero-order chi connectivity index (χ0) is 13.4. The van der Waals surface area contributed by atoms with Gasteiger partial charge in [-0.15, -0.1) is 0 Å². The molecule has 0 aliphatic carbocycles. The minimum absolute atomic E-state index is 0.0128. The number of nitrogens with zero attached hydrogens (tertiary/aromatic N) is 1. The summed E-state index contributed by atoms with van der Waals surface area (Å²) in [4.78, 5) is 19.0. The number of carbonyl (C=O) groups excluding carboxylic acids is 1. The van der Waals surface area contributed by atoms with Crippen molar-refractivity contribution in [2.24, 2.45) is 5.73 Å². The number of H-pyrrole nitrogens is 1. The Hall–Kier alpha value is -1.68. The number of aromatic amines is 1. The van der Waals surface area contributed by atoms with Crippen LogP contribution in [0.3, 0.4) is 0 Å². The summed E-state index contributed by atoms with van der Waals surface area (Å²) in [6.07, 6.45) is 2.46. The van der Waals surface area contributed by atoms with Crippen LogP contribution >= 0.6 is 0 Å². The number of aromatic nitrogens is 2. The van der Waals surface area contributed by atoms with Gasteiger partial charge in [-0.25, -0.2) is 4.98 Å². The molecule has 0 aromatic carbocycles. The molecule has 0 aliphatic heterocycles. The van der Waals surface area contributed by atoms with Crippen LogP contribution in [-0.2, 0) is 11.2 Å². The fourth-order valence-electron chi connectivity index (χ4n) is 2.21. The predicted molar refractivity (Wildman–Crippen MR) is 72.7 cm³/mol. The summed E-state index contributed by atoms with van der Waals surface area (Å²) in [5.74, 6) is 0.0128. The number of carbonyl (C=O) groups is 1. The molecule has 0 bridgehead atoms. The van der Waals surface area contributed by atoms with Crippen LogP contribution in [0.25, 0.3) is 11.0 Å². The number of nitrogens with one attached hydrogen (secondary N) is 1. The van der Waals surface area contributed by atoms with Gasteiger partial charge < -0.3 is 10.7 Å². The molecule has 1 atom stereocenters. The molecule has 0 fully saturated rings. The highest BCUT2D eigenvalue weighted by molar-refractivity contribution is 5.87. The van der Waals surface area contributed by atoms with Gasteiger partial charge in [-0.2, -0.15) is 0 Å². The van der Waals surface area contributed by atoms with Crippen molar-refractivity contribution < 1.29 is 4.79 Å². The molecule has 96 valence electrons. The third-order valence-electron chi connectivity index (χ3n) is 3.66. The van der Waals surface area contributed by atoms with Crippen LogP contribution in [0.2, 0.25) is 0 Å².